The lowest BCUT2D eigenvalue weighted by molar-refractivity contribution is -0.119. The second-order valence-electron chi connectivity index (χ2n) is 4.16. The molecule has 0 saturated heterocycles. The number of amides is 2. The number of rotatable bonds is 4. The molecule has 0 radical (unpaired) electrons. The molecule has 0 saturated carbocycles. The fourth-order valence-electron chi connectivity index (χ4n) is 1.43. The van der Waals surface area contributed by atoms with Gasteiger partial charge in [-0.25, -0.2) is 0 Å². The molecule has 108 valence electrons. The van der Waals surface area contributed by atoms with Gasteiger partial charge in [-0.05, 0) is 12.1 Å². The van der Waals surface area contributed by atoms with Crippen LogP contribution < -0.4 is 10.6 Å². The number of pyridine rings is 1. The van der Waals surface area contributed by atoms with Gasteiger partial charge in [-0.3, -0.25) is 14.6 Å². The largest absolute Gasteiger partial charge is 0.349 e. The van der Waals surface area contributed by atoms with Gasteiger partial charge in [0.2, 0.25) is 17.6 Å². The van der Waals surface area contributed by atoms with Gasteiger partial charge in [0.25, 0.3) is 0 Å². The quantitative estimate of drug-likeness (QED) is 0.806. The van der Waals surface area contributed by atoms with Gasteiger partial charge in [0.15, 0.2) is 5.82 Å². The van der Waals surface area contributed by atoms with Gasteiger partial charge in [-0.15, -0.1) is 20.4 Å². The molecule has 0 bridgehead atoms. The van der Waals surface area contributed by atoms with Gasteiger partial charge in [0, 0.05) is 13.8 Å². The smallest absolute Gasteiger partial charge is 0.221 e. The third kappa shape index (κ3) is 4.27. The summed E-state index contributed by atoms with van der Waals surface area (Å²) in [5.74, 6) is 0.212. The van der Waals surface area contributed by atoms with Crippen molar-refractivity contribution < 1.29 is 9.59 Å². The number of nitrogens with one attached hydrogen (secondary N) is 2. The van der Waals surface area contributed by atoms with Crippen LogP contribution in [0.5, 0.6) is 0 Å². The van der Waals surface area contributed by atoms with E-state index in [2.05, 4.69) is 36.0 Å². The first-order valence-corrected chi connectivity index (χ1v) is 6.09. The zero-order valence-electron chi connectivity index (χ0n) is 11.5. The Labute approximate surface area is 120 Å². The highest BCUT2D eigenvalue weighted by molar-refractivity contribution is 5.88. The molecule has 0 aliphatic heterocycles. The normalized spacial score (nSPS) is 10.0. The lowest BCUT2D eigenvalue weighted by Gasteiger charge is -2.03. The first kappa shape index (κ1) is 14.4. The third-order valence-corrected chi connectivity index (χ3v) is 2.33. The van der Waals surface area contributed by atoms with Gasteiger partial charge in [-0.1, -0.05) is 0 Å². The van der Waals surface area contributed by atoms with Crippen molar-refractivity contribution in [2.45, 2.75) is 20.4 Å². The van der Waals surface area contributed by atoms with E-state index in [0.717, 1.165) is 0 Å². The molecule has 0 spiro atoms. The fraction of sp³-hybridized carbons (Fsp3) is 0.250. The van der Waals surface area contributed by atoms with Crippen molar-refractivity contribution in [2.24, 2.45) is 0 Å². The summed E-state index contributed by atoms with van der Waals surface area (Å²) in [4.78, 5) is 25.8. The molecular formula is C12H13N7O2. The van der Waals surface area contributed by atoms with E-state index >= 15 is 0 Å². The average molecular weight is 287 g/mol. The van der Waals surface area contributed by atoms with Crippen molar-refractivity contribution in [1.82, 2.24) is 30.7 Å². The second-order valence-corrected chi connectivity index (χ2v) is 4.16. The summed E-state index contributed by atoms with van der Waals surface area (Å²) in [5.41, 5.74) is 1.06. The molecular weight excluding hydrogens is 274 g/mol. The van der Waals surface area contributed by atoms with Crippen molar-refractivity contribution >= 4 is 17.5 Å². The van der Waals surface area contributed by atoms with Crippen LogP contribution in [0.4, 0.5) is 5.69 Å². The molecule has 2 amide bonds. The molecule has 2 N–H and O–H groups in total. The topological polar surface area (TPSA) is 123 Å². The Morgan fingerprint density at radius 3 is 2.29 bits per heavy atom. The van der Waals surface area contributed by atoms with Gasteiger partial charge >= 0.3 is 0 Å². The van der Waals surface area contributed by atoms with Crippen molar-refractivity contribution in [2.75, 3.05) is 5.32 Å². The van der Waals surface area contributed by atoms with Crippen LogP contribution in [-0.2, 0) is 16.1 Å². The Bertz CT molecular complexity index is 640. The lowest BCUT2D eigenvalue weighted by atomic mass is 10.3. The molecule has 0 fully saturated rings. The Hall–Kier alpha value is -2.97. The summed E-state index contributed by atoms with van der Waals surface area (Å²) in [6, 6.07) is 3.33. The van der Waals surface area contributed by atoms with Gasteiger partial charge in [0.1, 0.15) is 5.69 Å². The molecule has 2 aromatic rings. The monoisotopic (exact) mass is 287 g/mol. The van der Waals surface area contributed by atoms with Crippen LogP contribution in [0, 0.1) is 0 Å². The Morgan fingerprint density at radius 1 is 1.05 bits per heavy atom. The minimum Gasteiger partial charge on any atom is -0.349 e. The summed E-state index contributed by atoms with van der Waals surface area (Å²) in [6.07, 6.45) is 1.49. The molecule has 2 heterocycles. The predicted molar refractivity (Wildman–Crippen MR) is 72.7 cm³/mol. The maximum absolute atomic E-state index is 10.9. The maximum atomic E-state index is 10.9. The predicted octanol–water partition coefficient (Wildman–Crippen LogP) is -0.0769. The highest BCUT2D eigenvalue weighted by Gasteiger charge is 2.06. The molecule has 0 unspecified atom stereocenters. The van der Waals surface area contributed by atoms with Gasteiger partial charge in [0.05, 0.1) is 18.4 Å². The summed E-state index contributed by atoms with van der Waals surface area (Å²) < 4.78 is 0. The highest BCUT2D eigenvalue weighted by atomic mass is 16.2. The van der Waals surface area contributed by atoms with E-state index in [9.17, 15) is 9.59 Å². The minimum atomic E-state index is -0.182. The summed E-state index contributed by atoms with van der Waals surface area (Å²) in [5, 5.41) is 20.6. The van der Waals surface area contributed by atoms with Crippen molar-refractivity contribution in [3.63, 3.8) is 0 Å². The van der Waals surface area contributed by atoms with E-state index in [1.54, 1.807) is 12.1 Å². The van der Waals surface area contributed by atoms with Crippen molar-refractivity contribution in [3.05, 3.63) is 24.2 Å². The van der Waals surface area contributed by atoms with Crippen LogP contribution in [0.25, 0.3) is 11.5 Å². The van der Waals surface area contributed by atoms with Crippen LogP contribution in [0.2, 0.25) is 0 Å². The van der Waals surface area contributed by atoms with Crippen LogP contribution in [0.3, 0.4) is 0 Å². The molecule has 9 heteroatoms. The van der Waals surface area contributed by atoms with E-state index in [0.29, 0.717) is 17.2 Å². The van der Waals surface area contributed by atoms with Gasteiger partial charge in [-0.2, -0.15) is 0 Å². The first-order chi connectivity index (χ1) is 10.0. The van der Waals surface area contributed by atoms with Gasteiger partial charge < -0.3 is 10.6 Å². The zero-order chi connectivity index (χ0) is 15.2. The van der Waals surface area contributed by atoms with Crippen molar-refractivity contribution in [1.29, 1.82) is 0 Å². The number of anilines is 1. The standard InChI is InChI=1S/C12H13N7O2/c1-7(20)13-6-11-16-18-12(19-17-11)10-4-3-9(5-14-10)15-8(2)21/h3-5H,6H2,1-2H3,(H,13,20)(H,15,21). The molecule has 0 aliphatic carbocycles. The SMILES string of the molecule is CC(=O)NCc1nnc(-c2ccc(NC(C)=O)cn2)nn1. The molecule has 0 atom stereocenters. The molecule has 21 heavy (non-hydrogen) atoms. The fourth-order valence-corrected chi connectivity index (χ4v) is 1.43. The van der Waals surface area contributed by atoms with E-state index in [4.69, 9.17) is 0 Å². The summed E-state index contributed by atoms with van der Waals surface area (Å²) >= 11 is 0. The number of hydrogen-bond acceptors (Lipinski definition) is 7. The van der Waals surface area contributed by atoms with Crippen LogP contribution in [-0.4, -0.2) is 37.2 Å². The zero-order valence-corrected chi connectivity index (χ0v) is 11.5. The number of carbonyl (C=O) groups is 2. The van der Waals surface area contributed by atoms with Crippen molar-refractivity contribution in [3.8, 4) is 11.5 Å². The van der Waals surface area contributed by atoms with Crippen LogP contribution >= 0.6 is 0 Å². The van der Waals surface area contributed by atoms with Crippen LogP contribution in [0.15, 0.2) is 18.3 Å². The van der Waals surface area contributed by atoms with E-state index < -0.39 is 0 Å². The molecule has 2 rings (SSSR count). The maximum Gasteiger partial charge on any atom is 0.221 e. The summed E-state index contributed by atoms with van der Waals surface area (Å²) in [7, 11) is 0. The minimum absolute atomic E-state index is 0.171. The first-order valence-electron chi connectivity index (χ1n) is 6.09. The highest BCUT2D eigenvalue weighted by Crippen LogP contribution is 2.12. The third-order valence-electron chi connectivity index (χ3n) is 2.33. The second kappa shape index (κ2) is 6.46. The Kier molecular flexibility index (Phi) is 4.44. The molecule has 0 aromatic carbocycles. The molecule has 2 aromatic heterocycles. The average Bonchev–Trinajstić information content (AvgIpc) is 2.46. The molecule has 9 nitrogen and oxygen atoms in total. The number of hydrogen-bond donors (Lipinski definition) is 2. The van der Waals surface area contributed by atoms with Crippen LogP contribution in [0.1, 0.15) is 19.7 Å². The van der Waals surface area contributed by atoms with E-state index in [-0.39, 0.29) is 24.2 Å². The Balaban J connectivity index is 2.07. The van der Waals surface area contributed by atoms with E-state index in [1.807, 2.05) is 0 Å². The van der Waals surface area contributed by atoms with E-state index in [1.165, 1.54) is 20.0 Å². The summed E-state index contributed by atoms with van der Waals surface area (Å²) in [6.45, 7) is 2.99. The number of carbonyl (C=O) groups excluding carboxylic acids is 2. The lowest BCUT2D eigenvalue weighted by Crippen LogP contribution is -2.21. The number of nitrogens with zero attached hydrogens (tertiary/aromatic N) is 5. The molecule has 0 aliphatic rings. The Morgan fingerprint density at radius 2 is 1.76 bits per heavy atom. The number of aromatic nitrogens is 5.